The fourth-order valence-electron chi connectivity index (χ4n) is 0.795. The molecule has 60 valence electrons. The summed E-state index contributed by atoms with van der Waals surface area (Å²) in [5.41, 5.74) is 2.45. The van der Waals surface area contributed by atoms with Gasteiger partial charge in [-0.25, -0.2) is 9.99 Å². The molecule has 0 amide bonds. The maximum absolute atomic E-state index is 5.63. The van der Waals surface area contributed by atoms with Gasteiger partial charge < -0.3 is 0 Å². The van der Waals surface area contributed by atoms with Crippen LogP contribution in [0.4, 0.5) is 5.95 Å². The number of halogens is 1. The third-order valence-electron chi connectivity index (χ3n) is 1.35. The molecule has 1 rings (SSSR count). The molecule has 0 bridgehead atoms. The molecule has 1 heterocycles. The predicted octanol–water partition coefficient (Wildman–Crippen LogP) is 0.328. The molecule has 0 aliphatic carbocycles. The van der Waals surface area contributed by atoms with Gasteiger partial charge in [-0.05, 0) is 18.5 Å². The van der Waals surface area contributed by atoms with Gasteiger partial charge in [0.15, 0.2) is 0 Å². The number of rotatable bonds is 2. The van der Waals surface area contributed by atoms with Crippen molar-refractivity contribution in [3.8, 4) is 0 Å². The molecule has 0 atom stereocenters. The summed E-state index contributed by atoms with van der Waals surface area (Å²) in [4.78, 5) is 3.95. The number of nitrogens with two attached hydrogens (primary N) is 1. The molecule has 0 saturated carbocycles. The van der Waals surface area contributed by atoms with E-state index in [4.69, 9.17) is 17.4 Å². The number of nitrogens with zero attached hydrogens (tertiary/aromatic N) is 2. The molecule has 0 fully saturated rings. The van der Waals surface area contributed by atoms with Gasteiger partial charge in [-0.15, -0.1) is 0 Å². The summed E-state index contributed by atoms with van der Waals surface area (Å²) in [6, 6.07) is 1.71. The van der Waals surface area contributed by atoms with E-state index < -0.39 is 0 Å². The van der Waals surface area contributed by atoms with Crippen LogP contribution in [-0.2, 0) is 6.54 Å². The summed E-state index contributed by atoms with van der Waals surface area (Å²) in [5, 5.41) is 0.433. The summed E-state index contributed by atoms with van der Waals surface area (Å²) < 4.78 is 1.85. The van der Waals surface area contributed by atoms with Crippen molar-refractivity contribution in [3.63, 3.8) is 0 Å². The van der Waals surface area contributed by atoms with Crippen molar-refractivity contribution in [2.45, 2.75) is 13.5 Å². The number of hydrazine groups is 1. The van der Waals surface area contributed by atoms with Gasteiger partial charge in [0.05, 0.1) is 12.7 Å². The number of hydrogen-bond donors (Lipinski definition) is 2. The van der Waals surface area contributed by atoms with E-state index in [2.05, 4.69) is 10.4 Å². The lowest BCUT2D eigenvalue weighted by Crippen LogP contribution is -2.38. The van der Waals surface area contributed by atoms with Crippen LogP contribution < -0.4 is 15.8 Å². The first-order valence-electron chi connectivity index (χ1n) is 3.30. The summed E-state index contributed by atoms with van der Waals surface area (Å²) in [7, 11) is 0. The van der Waals surface area contributed by atoms with Crippen molar-refractivity contribution in [2.24, 2.45) is 5.84 Å². The molecule has 0 aromatic carbocycles. The minimum absolute atomic E-state index is 0.433. The zero-order valence-corrected chi connectivity index (χ0v) is 6.97. The van der Waals surface area contributed by atoms with Crippen molar-refractivity contribution in [1.29, 1.82) is 0 Å². The summed E-state index contributed by atoms with van der Waals surface area (Å²) in [6.07, 6.45) is 1.82. The van der Waals surface area contributed by atoms with E-state index in [1.54, 1.807) is 6.07 Å². The highest BCUT2D eigenvalue weighted by molar-refractivity contribution is 6.29. The number of nitrogen functional groups attached to an aromatic ring is 1. The number of aryl methyl sites for hydroxylation is 1. The lowest BCUT2D eigenvalue weighted by molar-refractivity contribution is -0.682. The fraction of sp³-hybridized carbons (Fsp3) is 0.333. The van der Waals surface area contributed by atoms with Gasteiger partial charge in [-0.3, -0.25) is 0 Å². The van der Waals surface area contributed by atoms with Gasteiger partial charge in [0, 0.05) is 6.07 Å². The third kappa shape index (κ3) is 1.78. The van der Waals surface area contributed by atoms with Gasteiger partial charge in [-0.1, -0.05) is 4.98 Å². The van der Waals surface area contributed by atoms with Crippen LogP contribution in [0.15, 0.2) is 12.3 Å². The molecule has 5 heteroatoms. The predicted molar refractivity (Wildman–Crippen MR) is 42.9 cm³/mol. The first-order chi connectivity index (χ1) is 5.27. The highest BCUT2D eigenvalue weighted by Crippen LogP contribution is 2.02. The number of aromatic nitrogens is 2. The lowest BCUT2D eigenvalue weighted by Gasteiger charge is -1.99. The normalized spacial score (nSPS) is 9.73. The van der Waals surface area contributed by atoms with Crippen LogP contribution in [0.3, 0.4) is 0 Å². The van der Waals surface area contributed by atoms with Gasteiger partial charge in [0.2, 0.25) is 5.15 Å². The Balaban J connectivity index is 3.06. The largest absolute Gasteiger partial charge is 0.409 e. The van der Waals surface area contributed by atoms with E-state index in [0.717, 1.165) is 6.54 Å². The van der Waals surface area contributed by atoms with Crippen molar-refractivity contribution in [2.75, 3.05) is 5.43 Å². The van der Waals surface area contributed by atoms with Gasteiger partial charge in [0.25, 0.3) is 0 Å². The minimum atomic E-state index is 0.433. The molecule has 0 spiro atoms. The molecule has 11 heavy (non-hydrogen) atoms. The van der Waals surface area contributed by atoms with Crippen LogP contribution in [0.2, 0.25) is 5.15 Å². The maximum atomic E-state index is 5.63. The van der Waals surface area contributed by atoms with Crippen molar-refractivity contribution in [3.05, 3.63) is 17.4 Å². The standard InChI is InChI=1S/C6H9ClN4/c1-2-11-4-3-5(7)9-6(11)10-8/h3-4H,2,8H2,1H3/p+1. The Hall–Kier alpha value is -0.870. The smallest absolute Gasteiger partial charge is 0.234 e. The van der Waals surface area contributed by atoms with Crippen LogP contribution in [-0.4, -0.2) is 4.98 Å². The van der Waals surface area contributed by atoms with Gasteiger partial charge in [0.1, 0.15) is 0 Å². The molecule has 0 aliphatic heterocycles. The number of anilines is 1. The van der Waals surface area contributed by atoms with Crippen LogP contribution in [0.25, 0.3) is 0 Å². The van der Waals surface area contributed by atoms with Crippen molar-refractivity contribution >= 4 is 17.5 Å². The second-order valence-electron chi connectivity index (χ2n) is 2.00. The third-order valence-corrected chi connectivity index (χ3v) is 1.56. The first-order valence-corrected chi connectivity index (χ1v) is 3.68. The van der Waals surface area contributed by atoms with E-state index in [-0.39, 0.29) is 0 Å². The highest BCUT2D eigenvalue weighted by Gasteiger charge is 2.07. The Bertz CT molecular complexity index is 250. The summed E-state index contributed by atoms with van der Waals surface area (Å²) >= 11 is 5.63. The van der Waals surface area contributed by atoms with Gasteiger partial charge in [-0.2, -0.15) is 5.84 Å². The first kappa shape index (κ1) is 8.23. The minimum Gasteiger partial charge on any atom is -0.234 e. The van der Waals surface area contributed by atoms with Crippen molar-refractivity contribution < 1.29 is 4.57 Å². The highest BCUT2D eigenvalue weighted by atomic mass is 35.5. The fourth-order valence-corrected chi connectivity index (χ4v) is 0.931. The Morgan fingerprint density at radius 1 is 1.82 bits per heavy atom. The Labute approximate surface area is 70.0 Å². The van der Waals surface area contributed by atoms with E-state index in [1.165, 1.54) is 0 Å². The maximum Gasteiger partial charge on any atom is 0.409 e. The molecule has 0 aliphatic rings. The monoisotopic (exact) mass is 173 g/mol. The summed E-state index contributed by atoms with van der Waals surface area (Å²) in [5.74, 6) is 5.77. The van der Waals surface area contributed by atoms with E-state index >= 15 is 0 Å². The van der Waals surface area contributed by atoms with Crippen molar-refractivity contribution in [1.82, 2.24) is 4.98 Å². The molecule has 0 unspecified atom stereocenters. The molecule has 1 aromatic heterocycles. The Kier molecular flexibility index (Phi) is 2.62. The topological polar surface area (TPSA) is 54.8 Å². The van der Waals surface area contributed by atoms with Crippen LogP contribution >= 0.6 is 11.6 Å². The van der Waals surface area contributed by atoms with Crippen LogP contribution in [0.1, 0.15) is 6.92 Å². The van der Waals surface area contributed by atoms with E-state index in [1.807, 2.05) is 17.7 Å². The Morgan fingerprint density at radius 2 is 2.55 bits per heavy atom. The average Bonchev–Trinajstić information content (AvgIpc) is 2.04. The molecule has 0 saturated heterocycles. The average molecular weight is 174 g/mol. The zero-order valence-electron chi connectivity index (χ0n) is 6.21. The molecular formula is C6H10ClN4+. The number of hydrogen-bond acceptors (Lipinski definition) is 3. The van der Waals surface area contributed by atoms with Gasteiger partial charge >= 0.3 is 5.95 Å². The quantitative estimate of drug-likeness (QED) is 0.293. The molecular weight excluding hydrogens is 164 g/mol. The Morgan fingerprint density at radius 3 is 3.09 bits per heavy atom. The molecule has 4 nitrogen and oxygen atoms in total. The van der Waals surface area contributed by atoms with E-state index in [0.29, 0.717) is 11.1 Å². The molecule has 3 N–H and O–H groups in total. The molecule has 1 aromatic rings. The van der Waals surface area contributed by atoms with E-state index in [9.17, 15) is 0 Å². The van der Waals surface area contributed by atoms with Crippen LogP contribution in [0, 0.1) is 0 Å². The zero-order chi connectivity index (χ0) is 8.27. The molecule has 0 radical (unpaired) electrons. The second-order valence-corrected chi connectivity index (χ2v) is 2.39. The van der Waals surface area contributed by atoms with Crippen LogP contribution in [0.5, 0.6) is 0 Å². The second kappa shape index (κ2) is 3.50. The number of nitrogens with one attached hydrogen (secondary N) is 1. The summed E-state index contributed by atoms with van der Waals surface area (Å²) in [6.45, 7) is 2.81. The SMILES string of the molecule is CC[n+]1ccc(Cl)nc1NN. The lowest BCUT2D eigenvalue weighted by atomic mass is 10.6.